The lowest BCUT2D eigenvalue weighted by Crippen LogP contribution is -2.32. The van der Waals surface area contributed by atoms with Crippen LogP contribution in [0.3, 0.4) is 0 Å². The summed E-state index contributed by atoms with van der Waals surface area (Å²) in [6, 6.07) is 9.78. The van der Waals surface area contributed by atoms with Gasteiger partial charge in [0.25, 0.3) is 0 Å². The summed E-state index contributed by atoms with van der Waals surface area (Å²) in [5.41, 5.74) is 3.97. The molecule has 1 nitrogen and oxygen atoms in total. The Morgan fingerprint density at radius 2 is 1.48 bits per heavy atom. The second kappa shape index (κ2) is 5.12. The van der Waals surface area contributed by atoms with Gasteiger partial charge in [0.2, 0.25) is 0 Å². The molecular weight excluding hydrogens is 254 g/mol. The average molecular weight is 287 g/mol. The standard InChI is InChI=1S/C20H33N/c1-18(2,3)15-11-9-14(10-12-15)13-16(21-8)17-19(4,5)20(17,6)7/h9-12,16-17,21H,13H2,1-8H3. The van der Waals surface area contributed by atoms with Crippen molar-refractivity contribution in [3.63, 3.8) is 0 Å². The zero-order valence-electron chi connectivity index (χ0n) is 15.2. The van der Waals surface area contributed by atoms with Crippen LogP contribution in [0.2, 0.25) is 0 Å². The summed E-state index contributed by atoms with van der Waals surface area (Å²) in [5.74, 6) is 0.747. The molecule has 1 aliphatic rings. The molecule has 1 N–H and O–H groups in total. The molecular formula is C20H33N. The van der Waals surface area contributed by atoms with Crippen molar-refractivity contribution in [2.24, 2.45) is 16.7 Å². The Hall–Kier alpha value is -0.820. The first-order chi connectivity index (χ1) is 9.51. The Bertz CT molecular complexity index is 474. The smallest absolute Gasteiger partial charge is 0.0143 e. The molecule has 1 fully saturated rings. The van der Waals surface area contributed by atoms with E-state index in [0.29, 0.717) is 16.9 Å². The van der Waals surface area contributed by atoms with Gasteiger partial charge in [0.05, 0.1) is 0 Å². The van der Waals surface area contributed by atoms with Crippen LogP contribution < -0.4 is 5.32 Å². The maximum absolute atomic E-state index is 3.57. The number of benzene rings is 1. The third kappa shape index (κ3) is 2.90. The fourth-order valence-corrected chi connectivity index (χ4v) is 4.03. The van der Waals surface area contributed by atoms with Crippen LogP contribution in [0.5, 0.6) is 0 Å². The highest BCUT2D eigenvalue weighted by Crippen LogP contribution is 2.69. The van der Waals surface area contributed by atoms with Crippen LogP contribution in [0.4, 0.5) is 0 Å². The molecule has 2 rings (SSSR count). The molecule has 1 heteroatoms. The summed E-state index contributed by atoms with van der Waals surface area (Å²) >= 11 is 0. The molecule has 1 unspecified atom stereocenters. The summed E-state index contributed by atoms with van der Waals surface area (Å²) < 4.78 is 0. The van der Waals surface area contributed by atoms with Gasteiger partial charge in [-0.25, -0.2) is 0 Å². The molecule has 0 bridgehead atoms. The zero-order valence-corrected chi connectivity index (χ0v) is 15.2. The third-order valence-electron chi connectivity index (χ3n) is 6.18. The van der Waals surface area contributed by atoms with Crippen molar-refractivity contribution in [2.75, 3.05) is 7.05 Å². The molecule has 0 spiro atoms. The molecule has 1 saturated carbocycles. The molecule has 0 heterocycles. The van der Waals surface area contributed by atoms with E-state index in [0.717, 1.165) is 12.3 Å². The van der Waals surface area contributed by atoms with Crippen LogP contribution in [0, 0.1) is 16.7 Å². The van der Waals surface area contributed by atoms with Crippen LogP contribution in [0.25, 0.3) is 0 Å². The number of rotatable bonds is 4. The van der Waals surface area contributed by atoms with Gasteiger partial charge < -0.3 is 5.32 Å². The predicted octanol–water partition coefficient (Wildman–Crippen LogP) is 4.80. The van der Waals surface area contributed by atoms with Crippen LogP contribution in [0.1, 0.15) is 59.6 Å². The Balaban J connectivity index is 2.10. The Kier molecular flexibility index (Phi) is 4.04. The minimum absolute atomic E-state index is 0.238. The second-order valence-corrected chi connectivity index (χ2v) is 8.97. The van der Waals surface area contributed by atoms with Crippen molar-refractivity contribution in [3.8, 4) is 0 Å². The quantitative estimate of drug-likeness (QED) is 0.839. The summed E-state index contributed by atoms with van der Waals surface area (Å²) in [7, 11) is 2.11. The highest BCUT2D eigenvalue weighted by molar-refractivity contribution is 5.29. The molecule has 1 aromatic rings. The first-order valence-corrected chi connectivity index (χ1v) is 8.28. The lowest BCUT2D eigenvalue weighted by Gasteiger charge is -2.21. The fraction of sp³-hybridized carbons (Fsp3) is 0.700. The first-order valence-electron chi connectivity index (χ1n) is 8.28. The minimum Gasteiger partial charge on any atom is -0.316 e. The monoisotopic (exact) mass is 287 g/mol. The second-order valence-electron chi connectivity index (χ2n) is 8.97. The highest BCUT2D eigenvalue weighted by atomic mass is 14.9. The number of hydrogen-bond donors (Lipinski definition) is 1. The summed E-state index contributed by atoms with van der Waals surface area (Å²) in [6.45, 7) is 16.4. The molecule has 0 radical (unpaired) electrons. The van der Waals surface area contributed by atoms with Gasteiger partial charge in [-0.1, -0.05) is 72.7 Å². The van der Waals surface area contributed by atoms with Crippen molar-refractivity contribution in [1.82, 2.24) is 5.32 Å². The third-order valence-corrected chi connectivity index (χ3v) is 6.18. The fourth-order valence-electron chi connectivity index (χ4n) is 4.03. The van der Waals surface area contributed by atoms with Gasteiger partial charge in [0, 0.05) is 6.04 Å². The van der Waals surface area contributed by atoms with Gasteiger partial charge >= 0.3 is 0 Å². The Labute approximate surface area is 131 Å². The molecule has 1 aliphatic carbocycles. The molecule has 0 amide bonds. The van der Waals surface area contributed by atoms with Crippen LogP contribution in [-0.4, -0.2) is 13.1 Å². The van der Waals surface area contributed by atoms with E-state index in [1.165, 1.54) is 11.1 Å². The molecule has 1 atom stereocenters. The largest absolute Gasteiger partial charge is 0.316 e. The molecule has 118 valence electrons. The maximum atomic E-state index is 3.57. The van der Waals surface area contributed by atoms with Crippen molar-refractivity contribution in [1.29, 1.82) is 0 Å². The predicted molar refractivity (Wildman–Crippen MR) is 92.7 cm³/mol. The van der Waals surface area contributed by atoms with Gasteiger partial charge in [0.15, 0.2) is 0 Å². The summed E-state index contributed by atoms with van der Waals surface area (Å²) in [5, 5.41) is 3.57. The molecule has 1 aromatic carbocycles. The molecule has 21 heavy (non-hydrogen) atoms. The van der Waals surface area contributed by atoms with Gasteiger partial charge in [-0.2, -0.15) is 0 Å². The van der Waals surface area contributed by atoms with Crippen LogP contribution in [-0.2, 0) is 11.8 Å². The van der Waals surface area contributed by atoms with E-state index in [-0.39, 0.29) is 5.41 Å². The van der Waals surface area contributed by atoms with Gasteiger partial charge in [-0.3, -0.25) is 0 Å². The van der Waals surface area contributed by atoms with Crippen LogP contribution >= 0.6 is 0 Å². The van der Waals surface area contributed by atoms with Gasteiger partial charge in [0.1, 0.15) is 0 Å². The lowest BCUT2D eigenvalue weighted by atomic mass is 9.86. The molecule has 0 saturated heterocycles. The Morgan fingerprint density at radius 3 is 1.81 bits per heavy atom. The van der Waals surface area contributed by atoms with Crippen LogP contribution in [0.15, 0.2) is 24.3 Å². The molecule has 0 aliphatic heterocycles. The van der Waals surface area contributed by atoms with E-state index in [1.807, 2.05) is 0 Å². The maximum Gasteiger partial charge on any atom is 0.0143 e. The molecule has 0 aromatic heterocycles. The number of nitrogens with one attached hydrogen (secondary N) is 1. The Morgan fingerprint density at radius 1 is 1.00 bits per heavy atom. The van der Waals surface area contributed by atoms with E-state index >= 15 is 0 Å². The lowest BCUT2D eigenvalue weighted by molar-refractivity contribution is 0.421. The van der Waals surface area contributed by atoms with Crippen molar-refractivity contribution in [3.05, 3.63) is 35.4 Å². The van der Waals surface area contributed by atoms with E-state index in [9.17, 15) is 0 Å². The topological polar surface area (TPSA) is 12.0 Å². The normalized spacial score (nSPS) is 22.1. The number of hydrogen-bond acceptors (Lipinski definition) is 1. The SMILES string of the molecule is CNC(Cc1ccc(C(C)(C)C)cc1)C1C(C)(C)C1(C)C. The van der Waals surface area contributed by atoms with Crippen molar-refractivity contribution >= 4 is 0 Å². The first kappa shape index (κ1) is 16.5. The zero-order chi connectivity index (χ0) is 16.1. The van der Waals surface area contributed by atoms with E-state index in [4.69, 9.17) is 0 Å². The van der Waals surface area contributed by atoms with Gasteiger partial charge in [-0.05, 0) is 46.8 Å². The van der Waals surface area contributed by atoms with E-state index in [2.05, 4.69) is 85.1 Å². The summed E-state index contributed by atoms with van der Waals surface area (Å²) in [6.07, 6.45) is 1.12. The van der Waals surface area contributed by atoms with Crippen molar-refractivity contribution in [2.45, 2.75) is 66.3 Å². The average Bonchev–Trinajstić information content (AvgIpc) is 2.77. The summed E-state index contributed by atoms with van der Waals surface area (Å²) in [4.78, 5) is 0. The number of likely N-dealkylation sites (N-methyl/N-ethyl adjacent to an activating group) is 1. The van der Waals surface area contributed by atoms with E-state index < -0.39 is 0 Å². The van der Waals surface area contributed by atoms with E-state index in [1.54, 1.807) is 0 Å². The van der Waals surface area contributed by atoms with Crippen molar-refractivity contribution < 1.29 is 0 Å². The minimum atomic E-state index is 0.238. The highest BCUT2D eigenvalue weighted by Gasteiger charge is 2.66. The van der Waals surface area contributed by atoms with Gasteiger partial charge in [-0.15, -0.1) is 0 Å².